The van der Waals surface area contributed by atoms with Gasteiger partial charge in [-0.05, 0) is 119 Å². The smallest absolute Gasteiger partial charge is 0.407 e. The molecule has 124 heavy (non-hydrogen) atoms. The van der Waals surface area contributed by atoms with Crippen molar-refractivity contribution in [2.75, 3.05) is 158 Å². The van der Waals surface area contributed by atoms with E-state index < -0.39 is 102 Å². The summed E-state index contributed by atoms with van der Waals surface area (Å²) in [6.07, 6.45) is 13.0. The molecular weight excluding hydrogens is 1610 g/mol. The summed E-state index contributed by atoms with van der Waals surface area (Å²) in [5.74, 6) is -5.17. The average molecular weight is 1740 g/mol. The van der Waals surface area contributed by atoms with Gasteiger partial charge in [0, 0.05) is 101 Å². The lowest BCUT2D eigenvalue weighted by molar-refractivity contribution is -0.245. The number of aromatic nitrogens is 7. The minimum Gasteiger partial charge on any atom is -0.443 e. The molecule has 2 saturated heterocycles. The Morgan fingerprint density at radius 3 is 2.10 bits per heavy atom. The molecule has 4 aliphatic heterocycles. The summed E-state index contributed by atoms with van der Waals surface area (Å²) in [5, 5.41) is 54.5. The molecular formula is C88H131N13O23. The first-order valence-electron chi connectivity index (χ1n) is 43.7. The van der Waals surface area contributed by atoms with Crippen molar-refractivity contribution >= 4 is 63.4 Å². The summed E-state index contributed by atoms with van der Waals surface area (Å²) in [6.45, 7) is 16.3. The third-order valence-corrected chi connectivity index (χ3v) is 23.4. The maximum Gasteiger partial charge on any atom is 0.407 e. The Balaban J connectivity index is 0.539. The summed E-state index contributed by atoms with van der Waals surface area (Å²) in [4.78, 5) is 94.0. The van der Waals surface area contributed by atoms with Crippen LogP contribution in [0, 0.1) is 23.7 Å². The number of rotatable bonds is 36. The van der Waals surface area contributed by atoms with Crippen LogP contribution in [0.15, 0.2) is 82.7 Å². The molecule has 686 valence electrons. The molecule has 0 unspecified atom stereocenters. The van der Waals surface area contributed by atoms with E-state index in [9.17, 15) is 44.4 Å². The Kier molecular flexibility index (Phi) is 39.8. The second kappa shape index (κ2) is 50.3. The van der Waals surface area contributed by atoms with Gasteiger partial charge in [0.1, 0.15) is 54.0 Å². The van der Waals surface area contributed by atoms with Crippen LogP contribution in [0.25, 0.3) is 33.4 Å². The maximum absolute atomic E-state index is 14.4. The number of aliphatic hydroxyl groups excluding tert-OH is 3. The van der Waals surface area contributed by atoms with E-state index in [-0.39, 0.29) is 88.3 Å². The number of nitrogens with zero attached hydrogens (tertiary/aromatic N) is 9. The van der Waals surface area contributed by atoms with Crippen LogP contribution in [-0.2, 0) is 100 Å². The quantitative estimate of drug-likeness (QED) is 0.0129. The van der Waals surface area contributed by atoms with Crippen molar-refractivity contribution in [2.45, 2.75) is 211 Å². The van der Waals surface area contributed by atoms with E-state index in [1.54, 1.807) is 62.9 Å². The molecule has 0 spiro atoms. The van der Waals surface area contributed by atoms with E-state index in [0.29, 0.717) is 215 Å². The number of nitrogens with one attached hydrogen (secondary N) is 1. The van der Waals surface area contributed by atoms with E-state index in [1.807, 2.05) is 56.4 Å². The highest BCUT2D eigenvalue weighted by Gasteiger charge is 2.49. The molecule has 5 aromatic rings. The lowest BCUT2D eigenvalue weighted by Gasteiger charge is -2.41. The SMILES string of the molecule is CO[C@H]1C[C@@H]2CCC[C@@](O)(O2)C(=O)C(=O)N2CCCC[C@H]2CO[C@H]([C@H](N)C[C@@H]2CC[C@@H](OC(=O)NCCOCCOCCOCCOCCOCCOCCOCCOCCC(=O)N3CCc4nc(Cn5nc(-c6ccc7oc(N)nc7c6)c6c(N)ncnc65)ncc4C3)[C@H](OC)C2)C[C@@H](O)[C@H](C)/C=C(\C)[C@@H](O)[C@@H](O)C(=O)[C@H](C)C[C@H](C)/C=C/C=C/C=C/1C. The predicted molar refractivity (Wildman–Crippen MR) is 456 cm³/mol. The number of ketones is 2. The number of anilines is 2. The monoisotopic (exact) mass is 1740 g/mol. The number of Topliss-reactive ketones (excluding diaryl/α,β-unsaturated/α-hetero) is 2. The van der Waals surface area contributed by atoms with Gasteiger partial charge in [-0.1, -0.05) is 57.2 Å². The number of carbonyl (C=O) groups is 5. The van der Waals surface area contributed by atoms with E-state index in [1.165, 1.54) is 11.2 Å². The van der Waals surface area contributed by atoms with Gasteiger partial charge in [-0.25, -0.2) is 29.4 Å². The zero-order chi connectivity index (χ0) is 88.5. The molecule has 36 heteroatoms. The van der Waals surface area contributed by atoms with Crippen molar-refractivity contribution in [1.82, 2.24) is 49.8 Å². The fraction of sp³-hybridized carbons (Fsp3) is 0.670. The molecule has 15 atom stereocenters. The Morgan fingerprint density at radius 2 is 1.41 bits per heavy atom. The summed E-state index contributed by atoms with van der Waals surface area (Å²) < 4.78 is 82.6. The molecule has 2 bridgehead atoms. The van der Waals surface area contributed by atoms with Gasteiger partial charge in [0.15, 0.2) is 17.0 Å². The van der Waals surface area contributed by atoms with Crippen molar-refractivity contribution in [2.24, 2.45) is 29.4 Å². The minimum atomic E-state index is -2.34. The molecule has 1 aliphatic carbocycles. The second-order valence-electron chi connectivity index (χ2n) is 32.8. The number of allylic oxidation sites excluding steroid dienone is 5. The highest BCUT2D eigenvalue weighted by Crippen LogP contribution is 2.37. The average Bonchev–Trinajstić information content (AvgIpc) is 1.61. The number of nitrogen functional groups attached to an aromatic ring is 2. The molecule has 3 fully saturated rings. The molecule has 4 aromatic heterocycles. The first-order chi connectivity index (χ1) is 59.9. The minimum absolute atomic E-state index is 0.0119. The van der Waals surface area contributed by atoms with Crippen LogP contribution < -0.4 is 22.5 Å². The molecule has 5 aliphatic rings. The van der Waals surface area contributed by atoms with Crippen molar-refractivity contribution in [3.8, 4) is 11.3 Å². The van der Waals surface area contributed by atoms with Gasteiger partial charge >= 0.3 is 6.09 Å². The summed E-state index contributed by atoms with van der Waals surface area (Å²) >= 11 is 0. The standard InChI is InChI=1S/C88H131N13O23/c1-56-14-9-8-10-15-57(2)72(111-6)49-65-17-13-24-88(110,124-65)82(107)85(108)100-26-12-11-16-64(100)54-121-73(50-69(102)58(3)45-60(5)80(105)81(106)79(104)59(4)44-56)66(89)46-61-18-20-71(74(47-61)112-7)123-87(109)92-25-29-114-31-33-116-35-37-118-39-41-120-43-42-119-40-38-117-36-34-115-32-30-113-28-23-76(103)99-27-22-67-63(52-99)51-93-75(96-67)53-101-84-77(83(90)94-55-95-84)78(98-101)62-19-21-70-68(48-62)97-86(91)122-70/h8-10,14-15,19,21,45,48,51,55-56,58-59,61,64-66,69,71-74,80-81,102,105-106,110H,11-13,16-18,20,22-44,46-47,49-50,52-54,89H2,1-7H3,(H2,91,97)(H,92,109)(H2,90,94,95)/b10-8+,14-9+,57-15+,60-45+/t56-,58-,59-,61+,64+,65+,66-,69-,71-,72+,73+,74-,80-,81+,88-/m1/s1. The number of hydrogen-bond acceptors (Lipinski definition) is 32. The highest BCUT2D eigenvalue weighted by atomic mass is 16.6. The summed E-state index contributed by atoms with van der Waals surface area (Å²) in [6, 6.07) is 4.28. The van der Waals surface area contributed by atoms with Crippen LogP contribution in [0.2, 0.25) is 0 Å². The largest absolute Gasteiger partial charge is 0.443 e. The van der Waals surface area contributed by atoms with Crippen LogP contribution in [-0.4, -0.2) is 307 Å². The molecule has 1 aromatic carbocycles. The fourth-order valence-electron chi connectivity index (χ4n) is 16.4. The second-order valence-corrected chi connectivity index (χ2v) is 32.8. The number of ether oxygens (including phenoxy) is 13. The van der Waals surface area contributed by atoms with E-state index in [4.69, 9.17) is 93.3 Å². The van der Waals surface area contributed by atoms with E-state index >= 15 is 0 Å². The fourth-order valence-corrected chi connectivity index (χ4v) is 16.4. The topological polar surface area (TPSA) is 478 Å². The van der Waals surface area contributed by atoms with Gasteiger partial charge in [0.05, 0.1) is 166 Å². The number of benzene rings is 1. The van der Waals surface area contributed by atoms with Gasteiger partial charge < -0.3 is 119 Å². The third-order valence-electron chi connectivity index (χ3n) is 23.4. The number of alkyl carbamates (subject to hydrolysis) is 1. The zero-order valence-corrected chi connectivity index (χ0v) is 72.9. The third kappa shape index (κ3) is 29.4. The van der Waals surface area contributed by atoms with Crippen molar-refractivity contribution in [3.63, 3.8) is 0 Å². The van der Waals surface area contributed by atoms with Crippen molar-refractivity contribution in [3.05, 3.63) is 95.4 Å². The first kappa shape index (κ1) is 97.9. The molecule has 8 heterocycles. The molecule has 36 nitrogen and oxygen atoms in total. The first-order valence-corrected chi connectivity index (χ1v) is 43.7. The van der Waals surface area contributed by atoms with Crippen LogP contribution in [0.3, 0.4) is 0 Å². The number of aliphatic hydroxyl groups is 4. The predicted octanol–water partition coefficient (Wildman–Crippen LogP) is 6.03. The zero-order valence-electron chi connectivity index (χ0n) is 72.9. The molecule has 1 saturated carbocycles. The summed E-state index contributed by atoms with van der Waals surface area (Å²) in [7, 11) is 3.14. The number of oxazole rings is 1. The number of amides is 3. The Bertz CT molecular complexity index is 4320. The Labute approximate surface area is 724 Å². The van der Waals surface area contributed by atoms with E-state index in [0.717, 1.165) is 28.8 Å². The number of carbonyl (C=O) groups excluding carboxylic acids is 5. The van der Waals surface area contributed by atoms with Gasteiger partial charge in [-0.2, -0.15) is 10.1 Å². The van der Waals surface area contributed by atoms with Gasteiger partial charge in [-0.3, -0.25) is 19.2 Å². The Hall–Kier alpha value is -8.25. The molecule has 10 rings (SSSR count). The maximum atomic E-state index is 14.4. The highest BCUT2D eigenvalue weighted by molar-refractivity contribution is 6.38. The van der Waals surface area contributed by atoms with Crippen LogP contribution >= 0.6 is 0 Å². The van der Waals surface area contributed by atoms with Crippen molar-refractivity contribution < 1.29 is 110 Å². The Morgan fingerprint density at radius 1 is 0.726 bits per heavy atom. The van der Waals surface area contributed by atoms with Crippen LogP contribution in [0.4, 0.5) is 16.6 Å². The number of fused-ring (bicyclic) bond motifs is 6. The van der Waals surface area contributed by atoms with Gasteiger partial charge in [-0.15, -0.1) is 0 Å². The number of nitrogens with two attached hydrogens (primary N) is 3. The lowest BCUT2D eigenvalue weighted by atomic mass is 9.80. The number of hydrogen-bond donors (Lipinski definition) is 8. The molecule has 0 radical (unpaired) electrons. The van der Waals surface area contributed by atoms with E-state index in [2.05, 4.69) is 25.3 Å². The normalized spacial score (nSPS) is 27.4. The number of piperidine rings is 1. The molecule has 11 N–H and O–H groups in total. The van der Waals surface area contributed by atoms with Gasteiger partial charge in [0.25, 0.3) is 17.7 Å². The van der Waals surface area contributed by atoms with Crippen molar-refractivity contribution in [1.29, 1.82) is 0 Å². The van der Waals surface area contributed by atoms with Crippen LogP contribution in [0.1, 0.15) is 142 Å². The molecule has 3 amide bonds. The lowest BCUT2D eigenvalue weighted by Crippen LogP contribution is -2.57. The van der Waals surface area contributed by atoms with Gasteiger partial charge in [0.2, 0.25) is 11.7 Å². The summed E-state index contributed by atoms with van der Waals surface area (Å²) in [5.41, 5.74) is 25.2. The van der Waals surface area contributed by atoms with Crippen LogP contribution in [0.5, 0.6) is 0 Å². The number of methoxy groups -OCH3 is 2.